The van der Waals surface area contributed by atoms with Gasteiger partial charge in [-0.1, -0.05) is 11.6 Å². The molecule has 13 heteroatoms. The van der Waals surface area contributed by atoms with E-state index in [1.165, 1.54) is 30.7 Å². The first-order chi connectivity index (χ1) is 18.5. The van der Waals surface area contributed by atoms with Gasteiger partial charge in [-0.2, -0.15) is 0 Å². The van der Waals surface area contributed by atoms with Crippen LogP contribution in [0.25, 0.3) is 0 Å². The van der Waals surface area contributed by atoms with Crippen molar-refractivity contribution in [1.29, 1.82) is 0 Å². The number of aliphatic hydroxyl groups is 1. The molecule has 1 unspecified atom stereocenters. The number of rotatable bonds is 7. The number of carbonyl (C=O) groups excluding carboxylic acids is 2. The van der Waals surface area contributed by atoms with Gasteiger partial charge in [0, 0.05) is 23.9 Å². The van der Waals surface area contributed by atoms with Crippen molar-refractivity contribution in [3.8, 4) is 0 Å². The van der Waals surface area contributed by atoms with Gasteiger partial charge in [-0.15, -0.1) is 0 Å². The highest BCUT2D eigenvalue weighted by atomic mass is 35.5. The number of fused-ring (bicyclic) bond motifs is 2. The Morgan fingerprint density at radius 1 is 1.08 bits per heavy atom. The van der Waals surface area contributed by atoms with Crippen molar-refractivity contribution in [2.45, 2.75) is 41.4 Å². The predicted octanol–water partition coefficient (Wildman–Crippen LogP) is 3.98. The molecule has 2 bridgehead atoms. The topological polar surface area (TPSA) is 139 Å². The summed E-state index contributed by atoms with van der Waals surface area (Å²) >= 11 is 6.27. The molecule has 2 fully saturated rings. The molecule has 2 saturated carbocycles. The molecule has 4 atom stereocenters. The molecule has 1 aromatic heterocycles. The number of carbonyl (C=O) groups is 2. The summed E-state index contributed by atoms with van der Waals surface area (Å²) in [4.78, 5) is 28.5. The Kier molecular flexibility index (Phi) is 7.21. The molecular formula is C26H24ClF2N3O6S. The molecular weight excluding hydrogens is 556 g/mol. The first-order valence-corrected chi connectivity index (χ1v) is 14.1. The van der Waals surface area contributed by atoms with Gasteiger partial charge in [0.25, 0.3) is 11.8 Å². The fourth-order valence-corrected chi connectivity index (χ4v) is 8.01. The number of amides is 2. The van der Waals surface area contributed by atoms with E-state index in [-0.39, 0.29) is 58.3 Å². The van der Waals surface area contributed by atoms with E-state index >= 15 is 0 Å². The van der Waals surface area contributed by atoms with Gasteiger partial charge < -0.3 is 20.2 Å². The second-order valence-corrected chi connectivity index (χ2v) is 12.5. The van der Waals surface area contributed by atoms with Crippen molar-refractivity contribution < 1.29 is 36.3 Å². The highest BCUT2D eigenvalue weighted by molar-refractivity contribution is 7.92. The Hall–Kier alpha value is -3.35. The van der Waals surface area contributed by atoms with Crippen LogP contribution >= 0.6 is 11.6 Å². The van der Waals surface area contributed by atoms with Gasteiger partial charge in [-0.25, -0.2) is 22.2 Å². The maximum Gasteiger partial charge on any atom is 0.307 e. The Labute approximate surface area is 227 Å². The molecule has 3 aromatic rings. The van der Waals surface area contributed by atoms with Crippen LogP contribution in [-0.2, 0) is 9.84 Å². The molecule has 0 spiro atoms. The summed E-state index contributed by atoms with van der Waals surface area (Å²) in [6, 6.07) is 6.63. The zero-order valence-electron chi connectivity index (χ0n) is 20.4. The van der Waals surface area contributed by atoms with E-state index in [0.29, 0.717) is 12.8 Å². The van der Waals surface area contributed by atoms with Crippen LogP contribution in [-0.4, -0.2) is 47.7 Å². The van der Waals surface area contributed by atoms with Crippen molar-refractivity contribution in [3.05, 3.63) is 77.0 Å². The van der Waals surface area contributed by atoms with E-state index in [1.807, 2.05) is 0 Å². The number of oxazole rings is 1. The molecule has 2 aliphatic carbocycles. The largest absolute Gasteiger partial charge is 0.441 e. The van der Waals surface area contributed by atoms with Crippen molar-refractivity contribution >= 4 is 38.9 Å². The molecule has 5 rings (SSSR count). The Bertz CT molecular complexity index is 1520. The second kappa shape index (κ2) is 10.3. The van der Waals surface area contributed by atoms with Gasteiger partial charge in [-0.3, -0.25) is 9.59 Å². The summed E-state index contributed by atoms with van der Waals surface area (Å²) < 4.78 is 59.1. The molecule has 9 nitrogen and oxygen atoms in total. The molecule has 2 aliphatic rings. The minimum Gasteiger partial charge on any atom is -0.441 e. The van der Waals surface area contributed by atoms with Crippen LogP contribution in [0, 0.1) is 23.5 Å². The van der Waals surface area contributed by atoms with Crippen LogP contribution in [0.3, 0.4) is 0 Å². The van der Waals surface area contributed by atoms with Crippen LogP contribution in [0.2, 0.25) is 5.02 Å². The lowest BCUT2D eigenvalue weighted by atomic mass is 9.74. The highest BCUT2D eigenvalue weighted by Gasteiger charge is 2.55. The second-order valence-electron chi connectivity index (χ2n) is 9.85. The van der Waals surface area contributed by atoms with Crippen LogP contribution in [0.4, 0.5) is 14.5 Å². The minimum absolute atomic E-state index is 0.00341. The maximum absolute atomic E-state index is 13.7. The molecule has 1 heterocycles. The lowest BCUT2D eigenvalue weighted by Gasteiger charge is -2.42. The van der Waals surface area contributed by atoms with Crippen molar-refractivity contribution in [3.63, 3.8) is 0 Å². The number of aromatic nitrogens is 1. The molecule has 3 N–H and O–H groups in total. The zero-order valence-corrected chi connectivity index (χ0v) is 21.9. The van der Waals surface area contributed by atoms with E-state index in [1.54, 1.807) is 0 Å². The quantitative estimate of drug-likeness (QED) is 0.385. The van der Waals surface area contributed by atoms with Crippen molar-refractivity contribution in [1.82, 2.24) is 10.3 Å². The summed E-state index contributed by atoms with van der Waals surface area (Å²) in [5.74, 6) is -4.43. The first kappa shape index (κ1) is 27.2. The van der Waals surface area contributed by atoms with E-state index in [4.69, 9.17) is 16.0 Å². The summed E-state index contributed by atoms with van der Waals surface area (Å²) in [6.07, 6.45) is 4.06. The van der Waals surface area contributed by atoms with E-state index < -0.39 is 44.1 Å². The first-order valence-electron chi connectivity index (χ1n) is 12.2. The van der Waals surface area contributed by atoms with E-state index in [0.717, 1.165) is 18.2 Å². The predicted molar refractivity (Wildman–Crippen MR) is 136 cm³/mol. The van der Waals surface area contributed by atoms with Crippen molar-refractivity contribution in [2.24, 2.45) is 11.8 Å². The van der Waals surface area contributed by atoms with Gasteiger partial charge in [-0.05, 0) is 67.9 Å². The van der Waals surface area contributed by atoms with Gasteiger partial charge in [0.15, 0.2) is 21.5 Å². The summed E-state index contributed by atoms with van der Waals surface area (Å²) in [6.45, 7) is -0.0727. The Balaban J connectivity index is 1.32. The van der Waals surface area contributed by atoms with Crippen molar-refractivity contribution in [2.75, 3.05) is 11.9 Å². The molecule has 206 valence electrons. The number of anilines is 1. The summed E-state index contributed by atoms with van der Waals surface area (Å²) in [7, 11) is -4.02. The lowest BCUT2D eigenvalue weighted by Crippen LogP contribution is -2.54. The number of nitrogens with one attached hydrogen (secondary N) is 2. The number of hydrogen-bond acceptors (Lipinski definition) is 7. The molecule has 39 heavy (non-hydrogen) atoms. The third-order valence-electron chi connectivity index (χ3n) is 7.65. The number of sulfone groups is 1. The molecule has 2 amide bonds. The van der Waals surface area contributed by atoms with E-state index in [9.17, 15) is 31.9 Å². The average Bonchev–Trinajstić information content (AvgIpc) is 3.47. The standard InChI is InChI=1S/C26H24ClF2N3O6S/c27-19-5-1-14(23(33)32-17-4-6-20(28)21(29)12-17)9-22(19)39(36,37)18-10-15-2-3-16(11-18)26(15,35)13-31-24(34)25-30-7-8-38-25/h1,4-9,12,15-16,18,35H,2-3,10-11,13H2,(H,31,34)(H,32,33)/t15-,16?,18-,26-/m0/s1. The smallest absolute Gasteiger partial charge is 0.307 e. The number of hydrogen-bond donors (Lipinski definition) is 3. The zero-order chi connectivity index (χ0) is 27.9. The van der Waals surface area contributed by atoms with Crippen LogP contribution in [0.5, 0.6) is 0 Å². The van der Waals surface area contributed by atoms with Crippen LogP contribution in [0.15, 0.2) is 58.2 Å². The monoisotopic (exact) mass is 579 g/mol. The Morgan fingerprint density at radius 2 is 1.79 bits per heavy atom. The normalized spacial score (nSPS) is 24.4. The third kappa shape index (κ3) is 5.15. The minimum atomic E-state index is -4.02. The van der Waals surface area contributed by atoms with Gasteiger partial charge in [0.1, 0.15) is 6.26 Å². The molecule has 0 saturated heterocycles. The highest BCUT2D eigenvalue weighted by Crippen LogP contribution is 2.52. The third-order valence-corrected chi connectivity index (χ3v) is 10.3. The summed E-state index contributed by atoms with van der Waals surface area (Å²) in [5.41, 5.74) is -1.33. The van der Waals surface area contributed by atoms with Gasteiger partial charge in [0.05, 0.1) is 27.0 Å². The number of benzene rings is 2. The fourth-order valence-electron chi connectivity index (χ4n) is 5.60. The average molecular weight is 580 g/mol. The van der Waals surface area contributed by atoms with Gasteiger partial charge >= 0.3 is 5.91 Å². The van der Waals surface area contributed by atoms with E-state index in [2.05, 4.69) is 15.6 Å². The molecule has 2 aromatic carbocycles. The Morgan fingerprint density at radius 3 is 2.44 bits per heavy atom. The SMILES string of the molecule is O=C(Nc1ccc(F)c(F)c1)c1ccc(Cl)c(S(=O)(=O)[C@@H]2CC3CC[C@@H](C2)[C@@]3(O)CNC(=O)c2ncco2)c1. The molecule has 0 aliphatic heterocycles. The maximum atomic E-state index is 13.7. The van der Waals surface area contributed by atoms with Gasteiger partial charge in [0.2, 0.25) is 0 Å². The number of nitrogens with zero attached hydrogens (tertiary/aromatic N) is 1. The fraction of sp³-hybridized carbons (Fsp3) is 0.346. The van der Waals surface area contributed by atoms with Crippen LogP contribution in [0.1, 0.15) is 46.7 Å². The summed E-state index contributed by atoms with van der Waals surface area (Å²) in [5, 5.41) is 15.5. The lowest BCUT2D eigenvalue weighted by molar-refractivity contribution is -0.0550. The molecule has 0 radical (unpaired) electrons. The number of halogens is 3. The van der Waals surface area contributed by atoms with Crippen LogP contribution < -0.4 is 10.6 Å².